The van der Waals surface area contributed by atoms with E-state index in [1.165, 1.54) is 43.1 Å². The van der Waals surface area contributed by atoms with E-state index in [2.05, 4.69) is 0 Å². The predicted octanol–water partition coefficient (Wildman–Crippen LogP) is 3.45. The lowest BCUT2D eigenvalue weighted by Gasteiger charge is -2.08. The van der Waals surface area contributed by atoms with Crippen molar-refractivity contribution in [3.05, 3.63) is 58.1 Å². The fraction of sp³-hybridized carbons (Fsp3) is 0.0714. The Hall–Kier alpha value is -2.54. The summed E-state index contributed by atoms with van der Waals surface area (Å²) in [5.74, 6) is -0.587. The molecule has 0 bridgehead atoms. The Bertz CT molecular complexity index is 684. The number of rotatable bonds is 5. The van der Waals surface area contributed by atoms with Crippen molar-refractivity contribution in [3.63, 3.8) is 0 Å². The first-order valence-corrected chi connectivity index (χ1v) is 6.66. The predicted molar refractivity (Wildman–Crippen MR) is 77.2 cm³/mol. The summed E-state index contributed by atoms with van der Waals surface area (Å²) in [4.78, 5) is 22.5. The number of methoxy groups -OCH3 is 1. The van der Waals surface area contributed by atoms with Gasteiger partial charge in [-0.15, -0.1) is 0 Å². The van der Waals surface area contributed by atoms with Crippen molar-refractivity contribution in [1.29, 1.82) is 0 Å². The van der Waals surface area contributed by atoms with Gasteiger partial charge in [-0.3, -0.25) is 10.1 Å². The molecule has 0 spiro atoms. The normalized spacial score (nSPS) is 10.1. The minimum absolute atomic E-state index is 0.0441. The van der Waals surface area contributed by atoms with Crippen LogP contribution >= 0.6 is 11.8 Å². The Balaban J connectivity index is 2.26. The van der Waals surface area contributed by atoms with Gasteiger partial charge in [0.25, 0.3) is 5.69 Å². The molecule has 0 heterocycles. The number of benzene rings is 2. The fourth-order valence-corrected chi connectivity index (χ4v) is 2.55. The zero-order valence-electron chi connectivity index (χ0n) is 11.0. The van der Waals surface area contributed by atoms with Crippen LogP contribution in [0.25, 0.3) is 0 Å². The average Bonchev–Trinajstić information content (AvgIpc) is 2.48. The number of carboxylic acids is 1. The maximum Gasteiger partial charge on any atom is 0.335 e. The molecule has 2 aromatic rings. The number of nitro groups is 1. The molecule has 1 N–H and O–H groups in total. The van der Waals surface area contributed by atoms with Crippen LogP contribution in [0.3, 0.4) is 0 Å². The summed E-state index contributed by atoms with van der Waals surface area (Å²) in [5, 5.41) is 19.6. The molecule has 0 unspecified atom stereocenters. The van der Waals surface area contributed by atoms with E-state index in [1.54, 1.807) is 18.2 Å². The summed E-state index contributed by atoms with van der Waals surface area (Å²) in [5.41, 5.74) is 0.160. The van der Waals surface area contributed by atoms with Gasteiger partial charge >= 0.3 is 5.97 Å². The van der Waals surface area contributed by atoms with E-state index in [0.717, 1.165) is 4.90 Å². The first-order valence-electron chi connectivity index (χ1n) is 5.85. The van der Waals surface area contributed by atoms with E-state index in [-0.39, 0.29) is 11.3 Å². The molecule has 0 aliphatic rings. The molecule has 0 saturated carbocycles. The number of hydrogen-bond acceptors (Lipinski definition) is 5. The van der Waals surface area contributed by atoms with E-state index in [9.17, 15) is 14.9 Å². The van der Waals surface area contributed by atoms with Crippen LogP contribution in [0.15, 0.2) is 52.3 Å². The van der Waals surface area contributed by atoms with Gasteiger partial charge in [-0.1, -0.05) is 11.8 Å². The van der Waals surface area contributed by atoms with Crippen LogP contribution in [0.4, 0.5) is 5.69 Å². The first-order chi connectivity index (χ1) is 10.0. The van der Waals surface area contributed by atoms with Crippen molar-refractivity contribution in [1.82, 2.24) is 0 Å². The van der Waals surface area contributed by atoms with Crippen molar-refractivity contribution in [3.8, 4) is 5.75 Å². The molecule has 0 saturated heterocycles. The summed E-state index contributed by atoms with van der Waals surface area (Å²) in [7, 11) is 1.44. The van der Waals surface area contributed by atoms with E-state index in [1.807, 2.05) is 0 Å². The van der Waals surface area contributed by atoms with Gasteiger partial charge in [0.2, 0.25) is 0 Å². The van der Waals surface area contributed by atoms with E-state index < -0.39 is 10.9 Å². The first kappa shape index (κ1) is 14.9. The van der Waals surface area contributed by atoms with E-state index >= 15 is 0 Å². The zero-order chi connectivity index (χ0) is 15.4. The molecule has 21 heavy (non-hydrogen) atoms. The van der Waals surface area contributed by atoms with Gasteiger partial charge in [0, 0.05) is 11.0 Å². The standard InChI is InChI=1S/C14H11NO5S/c1-20-12-8-10(15(18)19)4-7-13(12)21-11-5-2-9(3-6-11)14(16)17/h2-8H,1H3,(H,16,17). The number of hydrogen-bond donors (Lipinski definition) is 1. The molecule has 0 amide bonds. The second-order valence-electron chi connectivity index (χ2n) is 4.02. The number of ether oxygens (including phenoxy) is 1. The Kier molecular flexibility index (Phi) is 4.44. The molecule has 0 aromatic heterocycles. The third kappa shape index (κ3) is 3.51. The summed E-state index contributed by atoms with van der Waals surface area (Å²) in [6.45, 7) is 0. The lowest BCUT2D eigenvalue weighted by atomic mass is 10.2. The highest BCUT2D eigenvalue weighted by Gasteiger charge is 2.12. The van der Waals surface area contributed by atoms with Crippen LogP contribution in [0, 0.1) is 10.1 Å². The van der Waals surface area contributed by atoms with Gasteiger partial charge in [0.05, 0.1) is 28.6 Å². The molecule has 2 rings (SSSR count). The zero-order valence-corrected chi connectivity index (χ0v) is 11.8. The lowest BCUT2D eigenvalue weighted by molar-refractivity contribution is -0.385. The van der Waals surface area contributed by atoms with Crippen LogP contribution in [-0.2, 0) is 0 Å². The molecule has 0 atom stereocenters. The Morgan fingerprint density at radius 2 is 1.90 bits per heavy atom. The number of aromatic carboxylic acids is 1. The highest BCUT2D eigenvalue weighted by atomic mass is 32.2. The average molecular weight is 305 g/mol. The lowest BCUT2D eigenvalue weighted by Crippen LogP contribution is -1.95. The quantitative estimate of drug-likeness (QED) is 0.672. The van der Waals surface area contributed by atoms with Crippen LogP contribution in [0.5, 0.6) is 5.75 Å². The number of non-ortho nitro benzene ring substituents is 1. The second kappa shape index (κ2) is 6.27. The van der Waals surface area contributed by atoms with Crippen LogP contribution in [0.2, 0.25) is 0 Å². The summed E-state index contributed by atoms with van der Waals surface area (Å²) in [6, 6.07) is 10.7. The van der Waals surface area contributed by atoms with Gasteiger partial charge < -0.3 is 9.84 Å². The second-order valence-corrected chi connectivity index (χ2v) is 5.14. The molecule has 0 aliphatic carbocycles. The Labute approximate surface area is 124 Å². The molecule has 0 aliphatic heterocycles. The van der Waals surface area contributed by atoms with Gasteiger partial charge in [0.1, 0.15) is 5.75 Å². The van der Waals surface area contributed by atoms with Gasteiger partial charge in [-0.2, -0.15) is 0 Å². The molecule has 0 fully saturated rings. The Morgan fingerprint density at radius 3 is 2.43 bits per heavy atom. The van der Waals surface area contributed by atoms with Crippen molar-refractivity contribution in [2.24, 2.45) is 0 Å². The van der Waals surface area contributed by atoms with Crippen LogP contribution in [-0.4, -0.2) is 23.1 Å². The molecule has 0 radical (unpaired) electrons. The molecule has 2 aromatic carbocycles. The third-order valence-corrected chi connectivity index (χ3v) is 3.75. The minimum atomic E-state index is -0.987. The van der Waals surface area contributed by atoms with Crippen LogP contribution < -0.4 is 4.74 Å². The van der Waals surface area contributed by atoms with Gasteiger partial charge in [-0.25, -0.2) is 4.79 Å². The summed E-state index contributed by atoms with van der Waals surface area (Å²) < 4.78 is 5.15. The maximum absolute atomic E-state index is 10.8. The molecular weight excluding hydrogens is 294 g/mol. The van der Waals surface area contributed by atoms with Gasteiger partial charge in [-0.05, 0) is 30.3 Å². The van der Waals surface area contributed by atoms with Gasteiger partial charge in [0.15, 0.2) is 0 Å². The summed E-state index contributed by atoms with van der Waals surface area (Å²) >= 11 is 1.34. The number of nitrogens with zero attached hydrogens (tertiary/aromatic N) is 1. The Morgan fingerprint density at radius 1 is 1.24 bits per heavy atom. The SMILES string of the molecule is COc1cc([N+](=O)[O-])ccc1Sc1ccc(C(=O)O)cc1. The number of carbonyl (C=O) groups is 1. The van der Waals surface area contributed by atoms with Crippen molar-refractivity contribution in [2.45, 2.75) is 9.79 Å². The molecular formula is C14H11NO5S. The number of nitro benzene ring substituents is 1. The molecule has 7 heteroatoms. The summed E-state index contributed by atoms with van der Waals surface area (Å²) in [6.07, 6.45) is 0. The largest absolute Gasteiger partial charge is 0.495 e. The molecule has 108 valence electrons. The number of carboxylic acid groups (broad SMARTS) is 1. The molecule has 6 nitrogen and oxygen atoms in total. The smallest absolute Gasteiger partial charge is 0.335 e. The topological polar surface area (TPSA) is 89.7 Å². The maximum atomic E-state index is 10.8. The van der Waals surface area contributed by atoms with Crippen molar-refractivity contribution >= 4 is 23.4 Å². The van der Waals surface area contributed by atoms with Crippen molar-refractivity contribution in [2.75, 3.05) is 7.11 Å². The third-order valence-electron chi connectivity index (χ3n) is 2.69. The van der Waals surface area contributed by atoms with Crippen LogP contribution in [0.1, 0.15) is 10.4 Å². The minimum Gasteiger partial charge on any atom is -0.495 e. The highest BCUT2D eigenvalue weighted by molar-refractivity contribution is 7.99. The van der Waals surface area contributed by atoms with Crippen molar-refractivity contribution < 1.29 is 19.6 Å². The fourth-order valence-electron chi connectivity index (χ4n) is 1.65. The van der Waals surface area contributed by atoms with E-state index in [4.69, 9.17) is 9.84 Å². The highest BCUT2D eigenvalue weighted by Crippen LogP contribution is 2.37. The van der Waals surface area contributed by atoms with E-state index in [0.29, 0.717) is 10.6 Å². The monoisotopic (exact) mass is 305 g/mol.